The monoisotopic (exact) mass is 472 g/mol. The Labute approximate surface area is 209 Å². The Morgan fingerprint density at radius 2 is 1.49 bits per heavy atom. The van der Waals surface area contributed by atoms with Gasteiger partial charge in [-0.3, -0.25) is 4.98 Å². The van der Waals surface area contributed by atoms with Crippen LogP contribution in [0.15, 0.2) is 97.2 Å². The van der Waals surface area contributed by atoms with Gasteiger partial charge in [0, 0.05) is 34.5 Å². The van der Waals surface area contributed by atoms with E-state index in [9.17, 15) is 0 Å². The zero-order valence-electron chi connectivity index (χ0n) is 19.4. The third-order valence-electron chi connectivity index (χ3n) is 8.99. The molecule has 0 fully saturated rings. The van der Waals surface area contributed by atoms with E-state index in [1.165, 1.54) is 60.3 Å². The third-order valence-corrected chi connectivity index (χ3v) is 8.99. The van der Waals surface area contributed by atoms with Gasteiger partial charge in [0.25, 0.3) is 0 Å². The molecule has 1 unspecified atom stereocenters. The van der Waals surface area contributed by atoms with Crippen molar-refractivity contribution in [3.63, 3.8) is 0 Å². The normalized spacial score (nSPS) is 18.1. The van der Waals surface area contributed by atoms with Crippen molar-refractivity contribution in [1.82, 2.24) is 9.38 Å². The van der Waals surface area contributed by atoms with E-state index < -0.39 is 5.66 Å². The third kappa shape index (κ3) is 1.54. The summed E-state index contributed by atoms with van der Waals surface area (Å²) in [6, 6.07) is 33.0. The Morgan fingerprint density at radius 3 is 2.49 bits per heavy atom. The zero-order chi connectivity index (χ0) is 23.6. The van der Waals surface area contributed by atoms with Crippen LogP contribution in [0, 0.1) is 0 Å². The van der Waals surface area contributed by atoms with Gasteiger partial charge in [-0.05, 0) is 54.6 Å². The molecule has 0 radical (unpaired) electrons. The van der Waals surface area contributed by atoms with Crippen molar-refractivity contribution in [3.8, 4) is 23.0 Å². The Bertz CT molecular complexity index is 2400. The smallest absolute Gasteiger partial charge is 0.367 e. The molecule has 11 rings (SSSR count). The van der Waals surface area contributed by atoms with Gasteiger partial charge in [-0.1, -0.05) is 18.2 Å². The first kappa shape index (κ1) is 17.4. The number of rotatable bonds is 0. The molecule has 5 nitrogen and oxygen atoms in total. The standard InChI is InChI=1S/C32H16N4O/c1-2-7-22-21(5-1)25-9-4-10-26-35(25)32(22)23-8-3-6-18-19-11-13-24-28-17(15-16-33-24)20-12-14-27(37-26)36(32)31(20)34(29(18)23)30(19)28/h1-16H/q+2. The average Bonchev–Trinajstić information content (AvgIpc) is 3.45. The molecule has 3 aliphatic rings. The number of pyridine rings is 4. The lowest BCUT2D eigenvalue weighted by atomic mass is 9.87. The molecule has 3 aromatic carbocycles. The van der Waals surface area contributed by atoms with Crippen LogP contribution in [0.2, 0.25) is 0 Å². The highest BCUT2D eigenvalue weighted by atomic mass is 16.5. The van der Waals surface area contributed by atoms with Gasteiger partial charge < -0.3 is 4.74 Å². The highest BCUT2D eigenvalue weighted by Crippen LogP contribution is 2.51. The number of hydrogen-bond donors (Lipinski definition) is 0. The lowest BCUT2D eigenvalue weighted by molar-refractivity contribution is -0.968. The van der Waals surface area contributed by atoms with Gasteiger partial charge in [0.15, 0.2) is 11.0 Å². The van der Waals surface area contributed by atoms with Crippen LogP contribution >= 0.6 is 0 Å². The van der Waals surface area contributed by atoms with Crippen LogP contribution in [-0.2, 0) is 5.66 Å². The highest BCUT2D eigenvalue weighted by Gasteiger charge is 2.67. The Balaban J connectivity index is 1.57. The summed E-state index contributed by atoms with van der Waals surface area (Å²) in [5, 5.41) is 6.20. The number of aromatic nitrogens is 4. The minimum absolute atomic E-state index is 0.588. The Hall–Kier alpha value is -5.03. The average molecular weight is 473 g/mol. The summed E-state index contributed by atoms with van der Waals surface area (Å²) in [6.07, 6.45) is 1.94. The van der Waals surface area contributed by atoms with E-state index in [0.717, 1.165) is 22.9 Å². The van der Waals surface area contributed by atoms with Crippen molar-refractivity contribution < 1.29 is 13.9 Å². The molecule has 5 heteroatoms. The number of ether oxygens (including phenoxy) is 1. The van der Waals surface area contributed by atoms with Crippen LogP contribution in [0.3, 0.4) is 0 Å². The molecule has 1 spiro atoms. The first-order chi connectivity index (χ1) is 18.4. The van der Waals surface area contributed by atoms with Gasteiger partial charge in [-0.15, -0.1) is 9.13 Å². The lowest BCUT2D eigenvalue weighted by Gasteiger charge is -2.32. The van der Waals surface area contributed by atoms with Gasteiger partial charge in [0.1, 0.15) is 5.56 Å². The molecular weight excluding hydrogens is 456 g/mol. The van der Waals surface area contributed by atoms with Crippen molar-refractivity contribution in [2.75, 3.05) is 0 Å². The van der Waals surface area contributed by atoms with E-state index in [-0.39, 0.29) is 0 Å². The second kappa shape index (κ2) is 5.22. The van der Waals surface area contributed by atoms with Gasteiger partial charge >= 0.3 is 23.1 Å². The molecular formula is C32H16N4O+2. The first-order valence-corrected chi connectivity index (χ1v) is 12.7. The molecule has 37 heavy (non-hydrogen) atoms. The predicted molar refractivity (Wildman–Crippen MR) is 140 cm³/mol. The summed E-state index contributed by atoms with van der Waals surface area (Å²) in [5.41, 5.74) is 9.07. The van der Waals surface area contributed by atoms with Crippen LogP contribution in [0.1, 0.15) is 11.1 Å². The van der Waals surface area contributed by atoms with Crippen LogP contribution in [0.25, 0.3) is 60.4 Å². The number of benzene rings is 3. The molecule has 8 aromatic rings. The molecule has 168 valence electrons. The molecule has 0 saturated heterocycles. The van der Waals surface area contributed by atoms with Crippen LogP contribution in [0.5, 0.6) is 11.8 Å². The van der Waals surface area contributed by atoms with Crippen molar-refractivity contribution >= 4 is 49.1 Å². The summed E-state index contributed by atoms with van der Waals surface area (Å²) in [5.74, 6) is 1.71. The van der Waals surface area contributed by atoms with Crippen molar-refractivity contribution in [2.45, 2.75) is 5.66 Å². The summed E-state index contributed by atoms with van der Waals surface area (Å²) in [4.78, 5) is 4.76. The Kier molecular flexibility index (Phi) is 2.46. The fourth-order valence-electron chi connectivity index (χ4n) is 7.82. The molecule has 0 amide bonds. The SMILES string of the molecule is c1ccc2c(c1)-c1cccc3[n+]1C21c2cccc4c5ccc6nccc7c8ccc([n+]1c8n(c24)c5c67)O3. The van der Waals surface area contributed by atoms with Gasteiger partial charge in [0.05, 0.1) is 33.5 Å². The van der Waals surface area contributed by atoms with Gasteiger partial charge in [-0.2, -0.15) is 4.40 Å². The number of nitrogens with zero attached hydrogens (tertiary/aromatic N) is 4. The number of fused-ring (bicyclic) bond motifs is 4. The van der Waals surface area contributed by atoms with Crippen molar-refractivity contribution in [2.24, 2.45) is 0 Å². The topological polar surface area (TPSA) is 34.3 Å². The second-order valence-electron chi connectivity index (χ2n) is 10.4. The molecule has 0 bridgehead atoms. The maximum atomic E-state index is 6.69. The Morgan fingerprint density at radius 1 is 0.649 bits per heavy atom. The van der Waals surface area contributed by atoms with Crippen LogP contribution < -0.4 is 13.9 Å². The molecule has 1 atom stereocenters. The van der Waals surface area contributed by atoms with E-state index in [1.54, 1.807) is 0 Å². The number of para-hydroxylation sites is 1. The summed E-state index contributed by atoms with van der Waals surface area (Å²) in [6.45, 7) is 0. The minimum Gasteiger partial charge on any atom is -0.367 e. The second-order valence-corrected chi connectivity index (χ2v) is 10.4. The van der Waals surface area contributed by atoms with E-state index in [4.69, 9.17) is 9.72 Å². The predicted octanol–water partition coefficient (Wildman–Crippen LogP) is 5.66. The van der Waals surface area contributed by atoms with E-state index >= 15 is 0 Å². The molecule has 0 N–H and O–H groups in total. The van der Waals surface area contributed by atoms with Crippen molar-refractivity contribution in [1.29, 1.82) is 0 Å². The molecule has 5 aromatic heterocycles. The summed E-state index contributed by atoms with van der Waals surface area (Å²) >= 11 is 0. The van der Waals surface area contributed by atoms with Crippen molar-refractivity contribution in [3.05, 3.63) is 108 Å². The molecule has 8 heterocycles. The van der Waals surface area contributed by atoms with Gasteiger partial charge in [0.2, 0.25) is 5.69 Å². The fourth-order valence-corrected chi connectivity index (χ4v) is 7.82. The number of hydrogen-bond acceptors (Lipinski definition) is 2. The quantitative estimate of drug-likeness (QED) is 0.162. The van der Waals surface area contributed by atoms with Gasteiger partial charge in [-0.25, -0.2) is 0 Å². The molecule has 3 aliphatic heterocycles. The first-order valence-electron chi connectivity index (χ1n) is 12.7. The van der Waals surface area contributed by atoms with E-state index in [0.29, 0.717) is 0 Å². The fraction of sp³-hybridized carbons (Fsp3) is 0.0312. The molecule has 0 saturated carbocycles. The van der Waals surface area contributed by atoms with Crippen LogP contribution in [-0.4, -0.2) is 9.38 Å². The summed E-state index contributed by atoms with van der Waals surface area (Å²) in [7, 11) is 0. The zero-order valence-corrected chi connectivity index (χ0v) is 19.4. The summed E-state index contributed by atoms with van der Waals surface area (Å²) < 4.78 is 14.0. The van der Waals surface area contributed by atoms with E-state index in [2.05, 4.69) is 105 Å². The lowest BCUT2D eigenvalue weighted by Crippen LogP contribution is -2.76. The minimum atomic E-state index is -0.588. The molecule has 0 aliphatic carbocycles. The largest absolute Gasteiger partial charge is 0.381 e. The maximum Gasteiger partial charge on any atom is 0.381 e. The highest BCUT2D eigenvalue weighted by molar-refractivity contribution is 6.27. The van der Waals surface area contributed by atoms with E-state index in [1.807, 2.05) is 6.20 Å². The van der Waals surface area contributed by atoms with Crippen LogP contribution in [0.4, 0.5) is 0 Å². The maximum absolute atomic E-state index is 6.69.